The van der Waals surface area contributed by atoms with E-state index in [2.05, 4.69) is 6.08 Å². The molecule has 1 nitrogen and oxygen atoms in total. The predicted octanol–water partition coefficient (Wildman–Crippen LogP) is 2.73. The fourth-order valence-corrected chi connectivity index (χ4v) is 3.31. The van der Waals surface area contributed by atoms with Crippen LogP contribution in [0.25, 0.3) is 0 Å². The van der Waals surface area contributed by atoms with Crippen molar-refractivity contribution < 1.29 is 4.74 Å². The van der Waals surface area contributed by atoms with E-state index < -0.39 is 0 Å². The van der Waals surface area contributed by atoms with Gasteiger partial charge in [0.05, 0.1) is 6.26 Å². The Morgan fingerprint density at radius 1 is 1.08 bits per heavy atom. The van der Waals surface area contributed by atoms with Gasteiger partial charge in [-0.15, -0.1) is 0 Å². The minimum atomic E-state index is 0.560. The molecule has 0 aromatic heterocycles. The molecule has 3 aliphatic rings. The third-order valence-corrected chi connectivity index (χ3v) is 3.98. The van der Waals surface area contributed by atoms with Gasteiger partial charge in [0.15, 0.2) is 0 Å². The summed E-state index contributed by atoms with van der Waals surface area (Å²) in [5.41, 5.74) is 0. The number of hydrogen-bond acceptors (Lipinski definition) is 1. The SMILES string of the molecule is C1=CC2CC3CCCC3CC2O1. The van der Waals surface area contributed by atoms with Gasteiger partial charge in [0.1, 0.15) is 6.10 Å². The van der Waals surface area contributed by atoms with Gasteiger partial charge in [-0.3, -0.25) is 0 Å². The van der Waals surface area contributed by atoms with Gasteiger partial charge >= 0.3 is 0 Å². The Kier molecular flexibility index (Phi) is 1.46. The lowest BCUT2D eigenvalue weighted by Gasteiger charge is -2.33. The minimum absolute atomic E-state index is 0.560. The van der Waals surface area contributed by atoms with Crippen LogP contribution in [-0.2, 0) is 4.74 Å². The molecule has 3 rings (SSSR count). The van der Waals surface area contributed by atoms with Crippen molar-refractivity contribution in [1.82, 2.24) is 0 Å². The third kappa shape index (κ3) is 0.917. The summed E-state index contributed by atoms with van der Waals surface area (Å²) in [5.74, 6) is 2.81. The van der Waals surface area contributed by atoms with Crippen molar-refractivity contribution in [3.8, 4) is 0 Å². The van der Waals surface area contributed by atoms with Gasteiger partial charge in [0, 0.05) is 5.92 Å². The van der Waals surface area contributed by atoms with Crippen molar-refractivity contribution >= 4 is 0 Å². The van der Waals surface area contributed by atoms with Crippen LogP contribution in [0.1, 0.15) is 32.1 Å². The highest BCUT2D eigenvalue weighted by Gasteiger charge is 2.40. The topological polar surface area (TPSA) is 9.23 Å². The first-order valence-corrected chi connectivity index (χ1v) is 5.25. The maximum absolute atomic E-state index is 5.58. The third-order valence-electron chi connectivity index (χ3n) is 3.98. The summed E-state index contributed by atoms with van der Waals surface area (Å²) in [6.07, 6.45) is 11.9. The quantitative estimate of drug-likeness (QED) is 0.535. The van der Waals surface area contributed by atoms with Gasteiger partial charge in [-0.05, 0) is 30.8 Å². The van der Waals surface area contributed by atoms with Gasteiger partial charge < -0.3 is 4.74 Å². The molecule has 0 saturated heterocycles. The molecule has 0 aromatic carbocycles. The van der Waals surface area contributed by atoms with Crippen LogP contribution in [0.4, 0.5) is 0 Å². The van der Waals surface area contributed by atoms with Gasteiger partial charge in [-0.2, -0.15) is 0 Å². The Hall–Kier alpha value is -0.460. The van der Waals surface area contributed by atoms with Gasteiger partial charge in [-0.25, -0.2) is 0 Å². The van der Waals surface area contributed by atoms with Crippen LogP contribution in [0, 0.1) is 17.8 Å². The largest absolute Gasteiger partial charge is 0.498 e. The molecule has 2 saturated carbocycles. The lowest BCUT2D eigenvalue weighted by atomic mass is 9.75. The second kappa shape index (κ2) is 2.51. The maximum Gasteiger partial charge on any atom is 0.104 e. The van der Waals surface area contributed by atoms with Crippen LogP contribution < -0.4 is 0 Å². The van der Waals surface area contributed by atoms with Gasteiger partial charge in [0.2, 0.25) is 0 Å². The molecule has 66 valence electrons. The first-order chi connectivity index (χ1) is 5.93. The zero-order chi connectivity index (χ0) is 7.97. The summed E-state index contributed by atoms with van der Waals surface area (Å²) in [4.78, 5) is 0. The van der Waals surface area contributed by atoms with Crippen molar-refractivity contribution in [1.29, 1.82) is 0 Å². The molecule has 12 heavy (non-hydrogen) atoms. The van der Waals surface area contributed by atoms with Crippen molar-refractivity contribution in [3.05, 3.63) is 12.3 Å². The first kappa shape index (κ1) is 6.99. The summed E-state index contributed by atoms with van der Waals surface area (Å²) < 4.78 is 5.58. The minimum Gasteiger partial charge on any atom is -0.498 e. The molecule has 2 fully saturated rings. The second-order valence-electron chi connectivity index (χ2n) is 4.59. The molecular formula is C11H16O. The maximum atomic E-state index is 5.58. The number of fused-ring (bicyclic) bond motifs is 2. The van der Waals surface area contributed by atoms with E-state index in [1.165, 1.54) is 32.1 Å². The van der Waals surface area contributed by atoms with E-state index in [-0.39, 0.29) is 0 Å². The monoisotopic (exact) mass is 164 g/mol. The molecule has 1 aliphatic heterocycles. The van der Waals surface area contributed by atoms with Crippen LogP contribution in [0.15, 0.2) is 12.3 Å². The number of hydrogen-bond donors (Lipinski definition) is 0. The predicted molar refractivity (Wildman–Crippen MR) is 47.6 cm³/mol. The summed E-state index contributed by atoms with van der Waals surface area (Å²) in [7, 11) is 0. The molecular weight excluding hydrogens is 148 g/mol. The van der Waals surface area contributed by atoms with Crippen molar-refractivity contribution in [3.63, 3.8) is 0 Å². The van der Waals surface area contributed by atoms with E-state index in [9.17, 15) is 0 Å². The molecule has 0 amide bonds. The summed E-state index contributed by atoms with van der Waals surface area (Å²) >= 11 is 0. The Morgan fingerprint density at radius 3 is 2.83 bits per heavy atom. The Balaban J connectivity index is 1.78. The van der Waals surface area contributed by atoms with Gasteiger partial charge in [0.25, 0.3) is 0 Å². The van der Waals surface area contributed by atoms with E-state index in [1.54, 1.807) is 0 Å². The molecule has 4 unspecified atom stereocenters. The van der Waals surface area contributed by atoms with Crippen LogP contribution >= 0.6 is 0 Å². The standard InChI is InChI=1S/C11H16O/c1-2-8-6-10-4-5-12-11(10)7-9(8)3-1/h4-5,8-11H,1-3,6-7H2. The van der Waals surface area contributed by atoms with E-state index in [1.807, 2.05) is 6.26 Å². The highest BCUT2D eigenvalue weighted by atomic mass is 16.5. The molecule has 0 radical (unpaired) electrons. The Morgan fingerprint density at radius 2 is 1.92 bits per heavy atom. The molecule has 4 atom stereocenters. The van der Waals surface area contributed by atoms with E-state index >= 15 is 0 Å². The molecule has 1 heteroatoms. The molecule has 1 heterocycles. The summed E-state index contributed by atoms with van der Waals surface area (Å²) in [6.45, 7) is 0. The van der Waals surface area contributed by atoms with Crippen LogP contribution in [0.5, 0.6) is 0 Å². The number of ether oxygens (including phenoxy) is 1. The average molecular weight is 164 g/mol. The van der Waals surface area contributed by atoms with E-state index in [0.29, 0.717) is 6.10 Å². The first-order valence-electron chi connectivity index (χ1n) is 5.25. The fourth-order valence-electron chi connectivity index (χ4n) is 3.31. The van der Waals surface area contributed by atoms with Crippen molar-refractivity contribution in [2.75, 3.05) is 0 Å². The summed E-state index contributed by atoms with van der Waals surface area (Å²) in [6, 6.07) is 0. The highest BCUT2D eigenvalue weighted by Crippen LogP contribution is 2.46. The van der Waals surface area contributed by atoms with Crippen LogP contribution in [0.2, 0.25) is 0 Å². The molecule has 0 spiro atoms. The van der Waals surface area contributed by atoms with E-state index in [4.69, 9.17) is 4.74 Å². The Bertz CT molecular complexity index is 209. The van der Waals surface area contributed by atoms with E-state index in [0.717, 1.165) is 17.8 Å². The molecule has 2 aliphatic carbocycles. The van der Waals surface area contributed by atoms with Crippen LogP contribution in [-0.4, -0.2) is 6.10 Å². The van der Waals surface area contributed by atoms with Gasteiger partial charge in [-0.1, -0.05) is 19.3 Å². The lowest BCUT2D eigenvalue weighted by molar-refractivity contribution is 0.0550. The van der Waals surface area contributed by atoms with Crippen molar-refractivity contribution in [2.24, 2.45) is 17.8 Å². The highest BCUT2D eigenvalue weighted by molar-refractivity contribution is 5.02. The zero-order valence-corrected chi connectivity index (χ0v) is 7.41. The fraction of sp³-hybridized carbons (Fsp3) is 0.818. The normalized spacial score (nSPS) is 50.0. The number of rotatable bonds is 0. The average Bonchev–Trinajstić information content (AvgIpc) is 2.64. The molecule has 0 bridgehead atoms. The zero-order valence-electron chi connectivity index (χ0n) is 7.41. The Labute approximate surface area is 73.8 Å². The second-order valence-corrected chi connectivity index (χ2v) is 4.59. The molecule has 0 aromatic rings. The lowest BCUT2D eigenvalue weighted by Crippen LogP contribution is -2.30. The summed E-state index contributed by atoms with van der Waals surface area (Å²) in [5, 5.41) is 0. The smallest absolute Gasteiger partial charge is 0.104 e. The van der Waals surface area contributed by atoms with Crippen LogP contribution in [0.3, 0.4) is 0 Å². The molecule has 0 N–H and O–H groups in total. The van der Waals surface area contributed by atoms with Crippen molar-refractivity contribution in [2.45, 2.75) is 38.2 Å².